The first-order valence-electron chi connectivity index (χ1n) is 7.58. The number of nitrogens with zero attached hydrogens (tertiary/aromatic N) is 1. The molecule has 2 fully saturated rings. The average Bonchev–Trinajstić information content (AvgIpc) is 2.84. The fourth-order valence-electron chi connectivity index (χ4n) is 3.48. The van der Waals surface area contributed by atoms with Gasteiger partial charge in [-0.1, -0.05) is 6.07 Å². The summed E-state index contributed by atoms with van der Waals surface area (Å²) in [4.78, 5) is 2.60. The van der Waals surface area contributed by atoms with E-state index in [1.54, 1.807) is 6.07 Å². The van der Waals surface area contributed by atoms with Gasteiger partial charge in [-0.05, 0) is 50.4 Å². The molecule has 0 spiro atoms. The van der Waals surface area contributed by atoms with Crippen molar-refractivity contribution in [1.82, 2.24) is 4.90 Å². The SMILES string of the molecule is CS(=O)(=O)Nc1cccc(NC2CCN3CCCC3C2)c1. The highest BCUT2D eigenvalue weighted by Crippen LogP contribution is 2.29. The van der Waals surface area contributed by atoms with Gasteiger partial charge in [0.15, 0.2) is 0 Å². The van der Waals surface area contributed by atoms with E-state index in [2.05, 4.69) is 14.9 Å². The molecular weight excluding hydrogens is 286 g/mol. The summed E-state index contributed by atoms with van der Waals surface area (Å²) in [5.74, 6) is 0. The number of fused-ring (bicyclic) bond motifs is 1. The molecule has 2 N–H and O–H groups in total. The van der Waals surface area contributed by atoms with E-state index in [-0.39, 0.29) is 0 Å². The molecule has 2 heterocycles. The standard InChI is InChI=1S/C15H23N3O2S/c1-21(19,20)17-14-5-2-4-12(10-14)16-13-7-9-18-8-3-6-15(18)11-13/h2,4-5,10,13,15-17H,3,6-9,11H2,1H3. The predicted octanol–water partition coefficient (Wildman–Crippen LogP) is 2.10. The molecule has 1 aromatic carbocycles. The Balaban J connectivity index is 1.63. The van der Waals surface area contributed by atoms with E-state index < -0.39 is 10.0 Å². The van der Waals surface area contributed by atoms with Crippen LogP contribution in [0, 0.1) is 0 Å². The summed E-state index contributed by atoms with van der Waals surface area (Å²) >= 11 is 0. The lowest BCUT2D eigenvalue weighted by Gasteiger charge is -2.35. The van der Waals surface area contributed by atoms with Crippen molar-refractivity contribution in [2.45, 2.75) is 37.8 Å². The molecule has 0 aromatic heterocycles. The number of hydrogen-bond acceptors (Lipinski definition) is 4. The van der Waals surface area contributed by atoms with E-state index in [9.17, 15) is 8.42 Å². The fraction of sp³-hybridized carbons (Fsp3) is 0.600. The summed E-state index contributed by atoms with van der Waals surface area (Å²) < 4.78 is 25.1. The summed E-state index contributed by atoms with van der Waals surface area (Å²) in [5.41, 5.74) is 1.60. The minimum Gasteiger partial charge on any atom is -0.382 e. The third kappa shape index (κ3) is 3.89. The van der Waals surface area contributed by atoms with Crippen LogP contribution in [-0.4, -0.2) is 44.7 Å². The Bertz CT molecular complexity index is 603. The van der Waals surface area contributed by atoms with Crippen LogP contribution in [0.2, 0.25) is 0 Å². The first-order valence-corrected chi connectivity index (χ1v) is 9.47. The van der Waals surface area contributed by atoms with Gasteiger partial charge in [-0.2, -0.15) is 0 Å². The lowest BCUT2D eigenvalue weighted by molar-refractivity contribution is 0.188. The van der Waals surface area contributed by atoms with Crippen molar-refractivity contribution in [2.75, 3.05) is 29.4 Å². The normalized spacial score (nSPS) is 26.3. The Morgan fingerprint density at radius 2 is 2.00 bits per heavy atom. The van der Waals surface area contributed by atoms with E-state index in [1.807, 2.05) is 18.2 Å². The lowest BCUT2D eigenvalue weighted by Crippen LogP contribution is -2.42. The van der Waals surface area contributed by atoms with Crippen LogP contribution in [0.1, 0.15) is 25.7 Å². The second-order valence-corrected chi connectivity index (χ2v) is 7.90. The van der Waals surface area contributed by atoms with Crippen LogP contribution in [0.25, 0.3) is 0 Å². The first kappa shape index (κ1) is 14.7. The summed E-state index contributed by atoms with van der Waals surface area (Å²) in [7, 11) is -3.22. The first-order chi connectivity index (χ1) is 9.99. The Labute approximate surface area is 126 Å². The van der Waals surface area contributed by atoms with Crippen LogP contribution < -0.4 is 10.0 Å². The molecule has 6 heteroatoms. The molecule has 2 aliphatic rings. The summed E-state index contributed by atoms with van der Waals surface area (Å²) in [6.07, 6.45) is 6.14. The van der Waals surface area contributed by atoms with E-state index in [4.69, 9.17) is 0 Å². The number of anilines is 2. The molecule has 0 amide bonds. The molecule has 3 rings (SSSR count). The number of sulfonamides is 1. The number of benzene rings is 1. The minimum absolute atomic E-state index is 0.484. The Morgan fingerprint density at radius 1 is 1.19 bits per heavy atom. The van der Waals surface area contributed by atoms with Crippen molar-refractivity contribution in [3.05, 3.63) is 24.3 Å². The lowest BCUT2D eigenvalue weighted by atomic mass is 9.97. The average molecular weight is 309 g/mol. The Morgan fingerprint density at radius 3 is 2.81 bits per heavy atom. The number of nitrogens with one attached hydrogen (secondary N) is 2. The topological polar surface area (TPSA) is 61.4 Å². The molecular formula is C15H23N3O2S. The molecule has 116 valence electrons. The fourth-order valence-corrected chi connectivity index (χ4v) is 4.03. The van der Waals surface area contributed by atoms with Crippen LogP contribution >= 0.6 is 0 Å². The van der Waals surface area contributed by atoms with Gasteiger partial charge in [-0.15, -0.1) is 0 Å². The quantitative estimate of drug-likeness (QED) is 0.894. The van der Waals surface area contributed by atoms with E-state index in [0.29, 0.717) is 11.7 Å². The third-order valence-corrected chi connectivity index (χ3v) is 4.96. The zero-order valence-electron chi connectivity index (χ0n) is 12.4. The van der Waals surface area contributed by atoms with Gasteiger partial charge in [-0.3, -0.25) is 4.72 Å². The summed E-state index contributed by atoms with van der Waals surface area (Å²) in [6, 6.07) is 8.72. The molecule has 5 nitrogen and oxygen atoms in total. The molecule has 0 aliphatic carbocycles. The maximum Gasteiger partial charge on any atom is 0.229 e. The van der Waals surface area contributed by atoms with Gasteiger partial charge in [0.05, 0.1) is 11.9 Å². The van der Waals surface area contributed by atoms with E-state index >= 15 is 0 Å². The highest BCUT2D eigenvalue weighted by atomic mass is 32.2. The molecule has 0 radical (unpaired) electrons. The molecule has 2 atom stereocenters. The van der Waals surface area contributed by atoms with E-state index in [0.717, 1.165) is 18.2 Å². The van der Waals surface area contributed by atoms with Gasteiger partial charge in [0.25, 0.3) is 0 Å². The zero-order valence-corrected chi connectivity index (χ0v) is 13.2. The molecule has 1 aromatic rings. The van der Waals surface area contributed by atoms with Crippen molar-refractivity contribution in [2.24, 2.45) is 0 Å². The van der Waals surface area contributed by atoms with Crippen molar-refractivity contribution >= 4 is 21.4 Å². The molecule has 2 saturated heterocycles. The maximum absolute atomic E-state index is 11.3. The van der Waals surface area contributed by atoms with Crippen molar-refractivity contribution in [1.29, 1.82) is 0 Å². The van der Waals surface area contributed by atoms with Crippen LogP contribution in [0.5, 0.6) is 0 Å². The summed E-state index contributed by atoms with van der Waals surface area (Å²) in [6.45, 7) is 2.43. The molecule has 21 heavy (non-hydrogen) atoms. The van der Waals surface area contributed by atoms with Crippen LogP contribution in [0.4, 0.5) is 11.4 Å². The highest BCUT2D eigenvalue weighted by molar-refractivity contribution is 7.92. The monoisotopic (exact) mass is 309 g/mol. The Hall–Kier alpha value is -1.27. The smallest absolute Gasteiger partial charge is 0.229 e. The van der Waals surface area contributed by atoms with Gasteiger partial charge in [0, 0.05) is 24.3 Å². The van der Waals surface area contributed by atoms with Gasteiger partial charge in [0.2, 0.25) is 10.0 Å². The van der Waals surface area contributed by atoms with Gasteiger partial charge in [0.1, 0.15) is 0 Å². The third-order valence-electron chi connectivity index (χ3n) is 4.36. The largest absolute Gasteiger partial charge is 0.382 e. The number of hydrogen-bond donors (Lipinski definition) is 2. The molecule has 0 saturated carbocycles. The van der Waals surface area contributed by atoms with Crippen LogP contribution in [0.3, 0.4) is 0 Å². The Kier molecular flexibility index (Phi) is 4.08. The van der Waals surface area contributed by atoms with Gasteiger partial charge in [-0.25, -0.2) is 8.42 Å². The van der Waals surface area contributed by atoms with Crippen LogP contribution in [-0.2, 0) is 10.0 Å². The van der Waals surface area contributed by atoms with Crippen molar-refractivity contribution < 1.29 is 8.42 Å². The van der Waals surface area contributed by atoms with Gasteiger partial charge < -0.3 is 10.2 Å². The second-order valence-electron chi connectivity index (χ2n) is 6.15. The van der Waals surface area contributed by atoms with Crippen molar-refractivity contribution in [3.8, 4) is 0 Å². The predicted molar refractivity (Wildman–Crippen MR) is 86.1 cm³/mol. The molecule has 0 bridgehead atoms. The van der Waals surface area contributed by atoms with E-state index in [1.165, 1.54) is 38.6 Å². The van der Waals surface area contributed by atoms with Crippen LogP contribution in [0.15, 0.2) is 24.3 Å². The van der Waals surface area contributed by atoms with Gasteiger partial charge >= 0.3 is 0 Å². The van der Waals surface area contributed by atoms with Crippen molar-refractivity contribution in [3.63, 3.8) is 0 Å². The summed E-state index contributed by atoms with van der Waals surface area (Å²) in [5, 5.41) is 3.56. The number of rotatable bonds is 4. The number of piperidine rings is 1. The second kappa shape index (κ2) is 5.85. The highest BCUT2D eigenvalue weighted by Gasteiger charge is 2.31. The zero-order chi connectivity index (χ0) is 14.9. The minimum atomic E-state index is -3.22. The molecule has 2 unspecified atom stereocenters. The molecule has 2 aliphatic heterocycles. The maximum atomic E-state index is 11.3.